The molecule has 0 spiro atoms. The van der Waals surface area contributed by atoms with Crippen LogP contribution in [0.1, 0.15) is 36.6 Å². The third-order valence-electron chi connectivity index (χ3n) is 4.58. The molecule has 1 aliphatic rings. The molecule has 0 saturated heterocycles. The lowest BCUT2D eigenvalue weighted by Gasteiger charge is -2.24. The number of hydrogen-bond acceptors (Lipinski definition) is 3. The fourth-order valence-electron chi connectivity index (χ4n) is 3.42. The third-order valence-corrected chi connectivity index (χ3v) is 5.68. The Hall–Kier alpha value is -2.66. The molecule has 0 aliphatic carbocycles. The summed E-state index contributed by atoms with van der Waals surface area (Å²) < 4.78 is 19.3. The first-order valence-electron chi connectivity index (χ1n) is 8.95. The second kappa shape index (κ2) is 7.16. The fourth-order valence-corrected chi connectivity index (χ4v) is 4.58. The molecule has 1 N–H and O–H groups in total. The predicted octanol–water partition coefficient (Wildman–Crippen LogP) is 5.82. The summed E-state index contributed by atoms with van der Waals surface area (Å²) in [6.07, 6.45) is 0.523. The van der Waals surface area contributed by atoms with Crippen molar-refractivity contribution >= 4 is 22.9 Å². The number of anilines is 1. The van der Waals surface area contributed by atoms with Crippen molar-refractivity contribution < 1.29 is 13.9 Å². The summed E-state index contributed by atoms with van der Waals surface area (Å²) in [6, 6.07) is 14.4. The number of carbonyl (C=O) groups excluding carboxylic acids is 1. The quantitative estimate of drug-likeness (QED) is 0.619. The normalized spacial score (nSPS) is 16.1. The van der Waals surface area contributed by atoms with Crippen LogP contribution >= 0.6 is 11.3 Å². The number of carbonyl (C=O) groups is 1. The average Bonchev–Trinajstić information content (AvgIpc) is 3.05. The minimum atomic E-state index is -0.285. The lowest BCUT2D eigenvalue weighted by Crippen LogP contribution is -2.22. The van der Waals surface area contributed by atoms with Crippen LogP contribution in [0.5, 0.6) is 5.75 Å². The molecule has 0 fully saturated rings. The first kappa shape index (κ1) is 17.7. The molecule has 1 atom stereocenters. The monoisotopic (exact) mass is 381 g/mol. The van der Waals surface area contributed by atoms with Gasteiger partial charge < -0.3 is 10.1 Å². The molecule has 0 saturated carbocycles. The standard InChI is InChI=1S/C22H20FNO2S/c1-13(2)26-17-8-6-14(7-9-17)18-11-20(25)24-21-19(12-27-22(18)21)15-4-3-5-16(23)10-15/h3-10,12-13,18H,11H2,1-2H3,(H,24,25)/t18-/m1/s1. The number of ether oxygens (including phenoxy) is 1. The first-order chi connectivity index (χ1) is 13.0. The molecule has 138 valence electrons. The van der Waals surface area contributed by atoms with Crippen molar-refractivity contribution in [1.82, 2.24) is 0 Å². The summed E-state index contributed by atoms with van der Waals surface area (Å²) in [4.78, 5) is 13.5. The first-order valence-corrected chi connectivity index (χ1v) is 9.83. The smallest absolute Gasteiger partial charge is 0.225 e. The summed E-state index contributed by atoms with van der Waals surface area (Å²) in [5.74, 6) is 0.507. The molecular formula is C22H20FNO2S. The van der Waals surface area contributed by atoms with Crippen LogP contribution in [-0.4, -0.2) is 12.0 Å². The van der Waals surface area contributed by atoms with Crippen LogP contribution in [-0.2, 0) is 4.79 Å². The number of thiophene rings is 1. The van der Waals surface area contributed by atoms with E-state index in [0.29, 0.717) is 6.42 Å². The highest BCUT2D eigenvalue weighted by Gasteiger charge is 2.30. The van der Waals surface area contributed by atoms with Gasteiger partial charge in [-0.3, -0.25) is 4.79 Å². The Balaban J connectivity index is 1.71. The molecule has 1 aromatic heterocycles. The van der Waals surface area contributed by atoms with Gasteiger partial charge in [-0.05, 0) is 49.2 Å². The molecule has 1 aliphatic heterocycles. The molecule has 3 aromatic rings. The van der Waals surface area contributed by atoms with E-state index in [4.69, 9.17) is 4.74 Å². The Morgan fingerprint density at radius 3 is 2.67 bits per heavy atom. The number of amides is 1. The van der Waals surface area contributed by atoms with Crippen LogP contribution < -0.4 is 10.1 Å². The van der Waals surface area contributed by atoms with Crippen molar-refractivity contribution in [2.75, 3.05) is 5.32 Å². The van der Waals surface area contributed by atoms with E-state index < -0.39 is 0 Å². The lowest BCUT2D eigenvalue weighted by atomic mass is 9.89. The summed E-state index contributed by atoms with van der Waals surface area (Å²) in [6.45, 7) is 3.98. The van der Waals surface area contributed by atoms with Gasteiger partial charge in [0.2, 0.25) is 5.91 Å². The van der Waals surface area contributed by atoms with E-state index in [9.17, 15) is 9.18 Å². The minimum absolute atomic E-state index is 0.00541. The second-order valence-electron chi connectivity index (χ2n) is 6.94. The predicted molar refractivity (Wildman–Crippen MR) is 107 cm³/mol. The molecule has 0 bridgehead atoms. The van der Waals surface area contributed by atoms with Gasteiger partial charge in [-0.1, -0.05) is 24.3 Å². The van der Waals surface area contributed by atoms with E-state index >= 15 is 0 Å². The van der Waals surface area contributed by atoms with Crippen molar-refractivity contribution in [2.24, 2.45) is 0 Å². The molecule has 27 heavy (non-hydrogen) atoms. The zero-order chi connectivity index (χ0) is 19.0. The summed E-state index contributed by atoms with van der Waals surface area (Å²) >= 11 is 1.60. The van der Waals surface area contributed by atoms with Gasteiger partial charge >= 0.3 is 0 Å². The average molecular weight is 381 g/mol. The summed E-state index contributed by atoms with van der Waals surface area (Å²) in [7, 11) is 0. The van der Waals surface area contributed by atoms with Gasteiger partial charge in [0.1, 0.15) is 11.6 Å². The summed E-state index contributed by atoms with van der Waals surface area (Å²) in [5, 5.41) is 4.98. The van der Waals surface area contributed by atoms with Crippen LogP contribution in [0.2, 0.25) is 0 Å². The van der Waals surface area contributed by atoms with Crippen LogP contribution in [0.4, 0.5) is 10.1 Å². The van der Waals surface area contributed by atoms with Gasteiger partial charge in [0, 0.05) is 28.2 Å². The highest BCUT2D eigenvalue weighted by Crippen LogP contribution is 2.46. The number of rotatable bonds is 4. The maximum atomic E-state index is 13.6. The number of fused-ring (bicyclic) bond motifs is 1. The Labute approximate surface area is 161 Å². The Morgan fingerprint density at radius 1 is 1.19 bits per heavy atom. The highest BCUT2D eigenvalue weighted by atomic mass is 32.1. The van der Waals surface area contributed by atoms with E-state index in [1.54, 1.807) is 17.4 Å². The Kier molecular flexibility index (Phi) is 4.70. The second-order valence-corrected chi connectivity index (χ2v) is 7.85. The van der Waals surface area contributed by atoms with Crippen LogP contribution in [0.3, 0.4) is 0 Å². The molecule has 2 aromatic carbocycles. The number of benzene rings is 2. The van der Waals surface area contributed by atoms with Crippen molar-refractivity contribution in [1.29, 1.82) is 0 Å². The third kappa shape index (κ3) is 3.60. The molecule has 4 rings (SSSR count). The summed E-state index contributed by atoms with van der Waals surface area (Å²) in [5.41, 5.74) is 3.52. The molecule has 1 amide bonds. The molecule has 2 heterocycles. The van der Waals surface area contributed by atoms with E-state index in [0.717, 1.165) is 33.0 Å². The number of hydrogen-bond donors (Lipinski definition) is 1. The molecule has 3 nitrogen and oxygen atoms in total. The SMILES string of the molecule is CC(C)Oc1ccc([C@H]2CC(=O)Nc3c(-c4cccc(F)c4)csc32)cc1. The van der Waals surface area contributed by atoms with E-state index in [-0.39, 0.29) is 23.7 Å². The highest BCUT2D eigenvalue weighted by molar-refractivity contribution is 7.11. The molecule has 0 radical (unpaired) electrons. The number of halogens is 1. The van der Waals surface area contributed by atoms with Crippen LogP contribution in [0.15, 0.2) is 53.9 Å². The minimum Gasteiger partial charge on any atom is -0.491 e. The lowest BCUT2D eigenvalue weighted by molar-refractivity contribution is -0.116. The van der Waals surface area contributed by atoms with Gasteiger partial charge in [-0.15, -0.1) is 11.3 Å². The Bertz CT molecular complexity index is 978. The zero-order valence-corrected chi connectivity index (χ0v) is 16.0. The van der Waals surface area contributed by atoms with Gasteiger partial charge in [-0.25, -0.2) is 4.39 Å². The number of nitrogens with one attached hydrogen (secondary N) is 1. The fraction of sp³-hybridized carbons (Fsp3) is 0.227. The van der Waals surface area contributed by atoms with Crippen molar-refractivity contribution in [2.45, 2.75) is 32.3 Å². The van der Waals surface area contributed by atoms with E-state index in [1.807, 2.05) is 49.6 Å². The molecule has 5 heteroatoms. The maximum Gasteiger partial charge on any atom is 0.225 e. The van der Waals surface area contributed by atoms with Gasteiger partial charge in [-0.2, -0.15) is 0 Å². The van der Waals surface area contributed by atoms with Crippen LogP contribution in [0, 0.1) is 5.82 Å². The maximum absolute atomic E-state index is 13.6. The van der Waals surface area contributed by atoms with Crippen LogP contribution in [0.25, 0.3) is 11.1 Å². The topological polar surface area (TPSA) is 38.3 Å². The van der Waals surface area contributed by atoms with E-state index in [2.05, 4.69) is 5.32 Å². The molecular weight excluding hydrogens is 361 g/mol. The largest absolute Gasteiger partial charge is 0.491 e. The van der Waals surface area contributed by atoms with Crippen molar-refractivity contribution in [3.05, 3.63) is 70.2 Å². The van der Waals surface area contributed by atoms with Crippen molar-refractivity contribution in [3.63, 3.8) is 0 Å². The van der Waals surface area contributed by atoms with Gasteiger partial charge in [0.15, 0.2) is 0 Å². The molecule has 0 unspecified atom stereocenters. The van der Waals surface area contributed by atoms with Gasteiger partial charge in [0.05, 0.1) is 11.8 Å². The van der Waals surface area contributed by atoms with Gasteiger partial charge in [0.25, 0.3) is 0 Å². The van der Waals surface area contributed by atoms with E-state index in [1.165, 1.54) is 12.1 Å². The Morgan fingerprint density at radius 2 is 1.96 bits per heavy atom. The van der Waals surface area contributed by atoms with Crippen molar-refractivity contribution in [3.8, 4) is 16.9 Å². The zero-order valence-electron chi connectivity index (χ0n) is 15.2.